The lowest BCUT2D eigenvalue weighted by Crippen LogP contribution is -2.59. The fourth-order valence-electron chi connectivity index (χ4n) is 1.82. The van der Waals surface area contributed by atoms with Crippen molar-refractivity contribution >= 4 is 0 Å². The van der Waals surface area contributed by atoms with Crippen LogP contribution in [0, 0.1) is 0 Å². The molecule has 0 saturated carbocycles. The molecular formula is C13H19NO. The SMILES string of the molecule is CC1(OCCCc2ccccc2)CNC1. The number of rotatable bonds is 5. The Morgan fingerprint density at radius 1 is 1.27 bits per heavy atom. The molecule has 0 aliphatic carbocycles. The van der Waals surface area contributed by atoms with Gasteiger partial charge in [0, 0.05) is 19.7 Å². The summed E-state index contributed by atoms with van der Waals surface area (Å²) in [6, 6.07) is 10.6. The molecule has 0 radical (unpaired) electrons. The van der Waals surface area contributed by atoms with E-state index < -0.39 is 0 Å². The number of ether oxygens (including phenoxy) is 1. The zero-order valence-electron chi connectivity index (χ0n) is 9.33. The molecule has 1 N–H and O–H groups in total. The number of benzene rings is 1. The van der Waals surface area contributed by atoms with Crippen molar-refractivity contribution in [3.05, 3.63) is 35.9 Å². The number of hydrogen-bond donors (Lipinski definition) is 1. The lowest BCUT2D eigenvalue weighted by atomic mass is 10.00. The minimum atomic E-state index is 0.108. The van der Waals surface area contributed by atoms with Gasteiger partial charge in [0.15, 0.2) is 0 Å². The van der Waals surface area contributed by atoms with Gasteiger partial charge in [0.05, 0.1) is 5.60 Å². The Labute approximate surface area is 91.6 Å². The van der Waals surface area contributed by atoms with E-state index in [4.69, 9.17) is 4.74 Å². The van der Waals surface area contributed by atoms with E-state index in [1.54, 1.807) is 0 Å². The highest BCUT2D eigenvalue weighted by Gasteiger charge is 2.31. The molecule has 2 rings (SSSR count). The van der Waals surface area contributed by atoms with Crippen LogP contribution in [-0.2, 0) is 11.2 Å². The smallest absolute Gasteiger partial charge is 0.0901 e. The molecular weight excluding hydrogens is 186 g/mol. The zero-order chi connectivity index (χ0) is 10.6. The van der Waals surface area contributed by atoms with Gasteiger partial charge >= 0.3 is 0 Å². The Bertz CT molecular complexity index is 293. The van der Waals surface area contributed by atoms with Crippen LogP contribution in [-0.4, -0.2) is 25.3 Å². The maximum atomic E-state index is 5.82. The second kappa shape index (κ2) is 4.77. The highest BCUT2D eigenvalue weighted by Crippen LogP contribution is 2.15. The van der Waals surface area contributed by atoms with Crippen LogP contribution in [0.4, 0.5) is 0 Å². The molecule has 0 unspecified atom stereocenters. The molecule has 0 spiro atoms. The van der Waals surface area contributed by atoms with Crippen molar-refractivity contribution in [1.82, 2.24) is 5.32 Å². The molecule has 1 heterocycles. The van der Waals surface area contributed by atoms with E-state index in [9.17, 15) is 0 Å². The van der Waals surface area contributed by atoms with Crippen molar-refractivity contribution in [2.24, 2.45) is 0 Å². The minimum absolute atomic E-state index is 0.108. The largest absolute Gasteiger partial charge is 0.373 e. The second-order valence-corrected chi connectivity index (χ2v) is 4.49. The average Bonchev–Trinajstić information content (AvgIpc) is 2.23. The van der Waals surface area contributed by atoms with E-state index in [0.29, 0.717) is 0 Å². The van der Waals surface area contributed by atoms with Crippen LogP contribution in [0.2, 0.25) is 0 Å². The normalized spacial score (nSPS) is 18.5. The summed E-state index contributed by atoms with van der Waals surface area (Å²) >= 11 is 0. The van der Waals surface area contributed by atoms with Crippen LogP contribution < -0.4 is 5.32 Å². The fraction of sp³-hybridized carbons (Fsp3) is 0.538. The zero-order valence-corrected chi connectivity index (χ0v) is 9.33. The van der Waals surface area contributed by atoms with Crippen molar-refractivity contribution in [3.63, 3.8) is 0 Å². The van der Waals surface area contributed by atoms with Crippen LogP contribution in [0.1, 0.15) is 18.9 Å². The summed E-state index contributed by atoms with van der Waals surface area (Å²) in [6.07, 6.45) is 2.23. The van der Waals surface area contributed by atoms with Gasteiger partial charge in [-0.25, -0.2) is 0 Å². The van der Waals surface area contributed by atoms with Gasteiger partial charge in [-0.15, -0.1) is 0 Å². The molecule has 1 aromatic rings. The molecule has 1 aromatic carbocycles. The van der Waals surface area contributed by atoms with Crippen molar-refractivity contribution in [2.45, 2.75) is 25.4 Å². The van der Waals surface area contributed by atoms with E-state index in [0.717, 1.165) is 32.5 Å². The van der Waals surface area contributed by atoms with E-state index in [1.165, 1.54) is 5.56 Å². The van der Waals surface area contributed by atoms with Gasteiger partial charge in [0.2, 0.25) is 0 Å². The van der Waals surface area contributed by atoms with Gasteiger partial charge in [-0.05, 0) is 25.3 Å². The topological polar surface area (TPSA) is 21.3 Å². The monoisotopic (exact) mass is 205 g/mol. The van der Waals surface area contributed by atoms with Gasteiger partial charge < -0.3 is 10.1 Å². The van der Waals surface area contributed by atoms with Crippen molar-refractivity contribution < 1.29 is 4.74 Å². The minimum Gasteiger partial charge on any atom is -0.373 e. The predicted molar refractivity (Wildman–Crippen MR) is 62.0 cm³/mol. The summed E-state index contributed by atoms with van der Waals surface area (Å²) in [5, 5.41) is 3.24. The van der Waals surface area contributed by atoms with Crippen molar-refractivity contribution in [3.8, 4) is 0 Å². The lowest BCUT2D eigenvalue weighted by molar-refractivity contribution is -0.0671. The average molecular weight is 205 g/mol. The summed E-state index contributed by atoms with van der Waals surface area (Å²) < 4.78 is 5.82. The molecule has 0 atom stereocenters. The molecule has 0 bridgehead atoms. The Kier molecular flexibility index (Phi) is 3.39. The third-order valence-corrected chi connectivity index (χ3v) is 2.90. The molecule has 2 nitrogen and oxygen atoms in total. The Morgan fingerprint density at radius 3 is 2.60 bits per heavy atom. The summed E-state index contributed by atoms with van der Waals surface area (Å²) in [7, 11) is 0. The molecule has 15 heavy (non-hydrogen) atoms. The first-order valence-corrected chi connectivity index (χ1v) is 5.67. The first-order valence-electron chi connectivity index (χ1n) is 5.67. The molecule has 1 saturated heterocycles. The van der Waals surface area contributed by atoms with E-state index in [-0.39, 0.29) is 5.60 Å². The maximum Gasteiger partial charge on any atom is 0.0901 e. The van der Waals surface area contributed by atoms with E-state index in [2.05, 4.69) is 42.6 Å². The molecule has 1 fully saturated rings. The Hall–Kier alpha value is -0.860. The molecule has 0 aromatic heterocycles. The number of nitrogens with one attached hydrogen (secondary N) is 1. The Morgan fingerprint density at radius 2 is 2.00 bits per heavy atom. The van der Waals surface area contributed by atoms with Crippen molar-refractivity contribution in [1.29, 1.82) is 0 Å². The molecule has 2 heteroatoms. The van der Waals surface area contributed by atoms with Crippen LogP contribution >= 0.6 is 0 Å². The summed E-state index contributed by atoms with van der Waals surface area (Å²) in [6.45, 7) is 5.04. The third-order valence-electron chi connectivity index (χ3n) is 2.90. The molecule has 82 valence electrons. The van der Waals surface area contributed by atoms with E-state index in [1.807, 2.05) is 0 Å². The maximum absolute atomic E-state index is 5.82. The van der Waals surface area contributed by atoms with Crippen LogP contribution in [0.3, 0.4) is 0 Å². The molecule has 0 amide bonds. The van der Waals surface area contributed by atoms with Crippen LogP contribution in [0.15, 0.2) is 30.3 Å². The third kappa shape index (κ3) is 3.05. The summed E-state index contributed by atoms with van der Waals surface area (Å²) in [5.74, 6) is 0. The second-order valence-electron chi connectivity index (χ2n) is 4.49. The quantitative estimate of drug-likeness (QED) is 0.742. The molecule has 1 aliphatic heterocycles. The Balaban J connectivity index is 1.63. The van der Waals surface area contributed by atoms with Crippen molar-refractivity contribution in [2.75, 3.05) is 19.7 Å². The summed E-state index contributed by atoms with van der Waals surface area (Å²) in [5.41, 5.74) is 1.51. The first kappa shape index (κ1) is 10.7. The van der Waals surface area contributed by atoms with Gasteiger partial charge in [0.1, 0.15) is 0 Å². The van der Waals surface area contributed by atoms with Crippen LogP contribution in [0.5, 0.6) is 0 Å². The van der Waals surface area contributed by atoms with Gasteiger partial charge in [-0.1, -0.05) is 30.3 Å². The molecule has 1 aliphatic rings. The lowest BCUT2D eigenvalue weighted by Gasteiger charge is -2.39. The van der Waals surface area contributed by atoms with Gasteiger partial charge in [-0.2, -0.15) is 0 Å². The first-order chi connectivity index (χ1) is 7.29. The fourth-order valence-corrected chi connectivity index (χ4v) is 1.82. The highest BCUT2D eigenvalue weighted by atomic mass is 16.5. The predicted octanol–water partition coefficient (Wildman–Crippen LogP) is 2.00. The standard InChI is InChI=1S/C13H19NO/c1-13(10-14-11-13)15-9-5-8-12-6-3-2-4-7-12/h2-4,6-7,14H,5,8-11H2,1H3. The summed E-state index contributed by atoms with van der Waals surface area (Å²) in [4.78, 5) is 0. The van der Waals surface area contributed by atoms with E-state index >= 15 is 0 Å². The van der Waals surface area contributed by atoms with Crippen LogP contribution in [0.25, 0.3) is 0 Å². The number of hydrogen-bond acceptors (Lipinski definition) is 2. The highest BCUT2D eigenvalue weighted by molar-refractivity contribution is 5.14. The van der Waals surface area contributed by atoms with Gasteiger partial charge in [-0.3, -0.25) is 0 Å². The van der Waals surface area contributed by atoms with Gasteiger partial charge in [0.25, 0.3) is 0 Å². The number of aryl methyl sites for hydroxylation is 1.